The third-order valence-electron chi connectivity index (χ3n) is 17.9. The van der Waals surface area contributed by atoms with Gasteiger partial charge in [0.1, 0.15) is 19.3 Å². The molecule has 0 saturated carbocycles. The Hall–Kier alpha value is -1.94. The number of carbonyl (C=O) groups is 4. The fourth-order valence-corrected chi connectivity index (χ4v) is 13.1. The molecule has 0 aliphatic rings. The molecule has 0 aromatic carbocycles. The predicted molar refractivity (Wildman–Crippen MR) is 386 cm³/mol. The highest BCUT2D eigenvalue weighted by Crippen LogP contribution is 2.45. The van der Waals surface area contributed by atoms with Gasteiger partial charge in [-0.1, -0.05) is 331 Å². The highest BCUT2D eigenvalue weighted by Gasteiger charge is 2.30. The van der Waals surface area contributed by atoms with Crippen LogP contribution in [0.25, 0.3) is 0 Å². The lowest BCUT2D eigenvalue weighted by atomic mass is 10.00. The van der Waals surface area contributed by atoms with Gasteiger partial charge >= 0.3 is 39.5 Å². The van der Waals surface area contributed by atoms with Crippen molar-refractivity contribution >= 4 is 39.5 Å². The molecule has 0 radical (unpaired) electrons. The topological polar surface area (TPSA) is 237 Å². The normalized spacial score (nSPS) is 14.4. The number of phosphoric acid groups is 2. The van der Waals surface area contributed by atoms with Gasteiger partial charge in [0.05, 0.1) is 26.4 Å². The number of unbranched alkanes of at least 4 members (excludes halogenated alkanes) is 38. The van der Waals surface area contributed by atoms with E-state index >= 15 is 0 Å². The number of hydrogen-bond acceptors (Lipinski definition) is 15. The van der Waals surface area contributed by atoms with Gasteiger partial charge in [0.25, 0.3) is 0 Å². The van der Waals surface area contributed by atoms with Crippen molar-refractivity contribution in [2.45, 2.75) is 401 Å². The first-order valence-corrected chi connectivity index (χ1v) is 42.2. The van der Waals surface area contributed by atoms with Gasteiger partial charge in [-0.05, 0) is 49.4 Å². The van der Waals surface area contributed by atoms with Crippen molar-refractivity contribution < 1.29 is 80.2 Å². The van der Waals surface area contributed by atoms with E-state index in [9.17, 15) is 43.2 Å². The molecule has 0 aliphatic carbocycles. The van der Waals surface area contributed by atoms with Crippen LogP contribution in [0.2, 0.25) is 0 Å². The first-order chi connectivity index (χ1) is 45.6. The fraction of sp³-hybridized carbons (Fsp3) is 0.947. The zero-order valence-electron chi connectivity index (χ0n) is 62.3. The van der Waals surface area contributed by atoms with Crippen LogP contribution in [0, 0.1) is 23.7 Å². The zero-order valence-corrected chi connectivity index (χ0v) is 64.1. The van der Waals surface area contributed by atoms with Crippen LogP contribution >= 0.6 is 15.6 Å². The number of ether oxygens (including phenoxy) is 4. The summed E-state index contributed by atoms with van der Waals surface area (Å²) in [7, 11) is -9.91. The largest absolute Gasteiger partial charge is 0.472 e. The summed E-state index contributed by atoms with van der Waals surface area (Å²) in [5.41, 5.74) is 0. The molecule has 0 aromatic heterocycles. The van der Waals surface area contributed by atoms with Gasteiger partial charge < -0.3 is 33.8 Å². The maximum absolute atomic E-state index is 13.1. The standard InChI is InChI=1S/C76H148O17P2/c1-9-69(8)55-47-39-34-35-41-49-57-74(79)87-63-72(93-75(80)58-50-42-32-26-20-14-12-10-11-13-17-22-28-36-44-52-66(2)3)65-91-95(84,85)89-61-70(77)60-88-94(82,83)90-64-71(92-76(81)59-51-43-33-27-21-24-30-38-46-54-68(6)7)62-86-73(78)56-48-40-31-25-19-16-15-18-23-29-37-45-53-67(4)5/h66-72,77H,9-65H2,1-8H3,(H,82,83)(H,84,85)/t69?,70-,71-,72-/m1/s1. The monoisotopic (exact) mass is 1400 g/mol. The number of aliphatic hydroxyl groups is 1. The van der Waals surface area contributed by atoms with Gasteiger partial charge in [0, 0.05) is 25.7 Å². The molecule has 6 atom stereocenters. The molecular formula is C76H148O17P2. The van der Waals surface area contributed by atoms with Crippen molar-refractivity contribution in [3.05, 3.63) is 0 Å². The molecule has 95 heavy (non-hydrogen) atoms. The molecule has 3 N–H and O–H groups in total. The highest BCUT2D eigenvalue weighted by atomic mass is 31.2. The van der Waals surface area contributed by atoms with Gasteiger partial charge in [-0.2, -0.15) is 0 Å². The van der Waals surface area contributed by atoms with E-state index in [4.69, 9.17) is 37.0 Å². The zero-order chi connectivity index (χ0) is 70.3. The van der Waals surface area contributed by atoms with Gasteiger partial charge in [0.15, 0.2) is 12.2 Å². The molecule has 0 rings (SSSR count). The second-order valence-corrected chi connectivity index (χ2v) is 32.0. The molecule has 17 nitrogen and oxygen atoms in total. The van der Waals surface area contributed by atoms with Crippen LogP contribution in [0.15, 0.2) is 0 Å². The predicted octanol–water partition coefficient (Wildman–Crippen LogP) is 22.0. The summed E-state index contributed by atoms with van der Waals surface area (Å²) in [6.07, 6.45) is 50.0. The lowest BCUT2D eigenvalue weighted by Gasteiger charge is -2.21. The Bertz CT molecular complexity index is 1870. The Balaban J connectivity index is 5.23. The van der Waals surface area contributed by atoms with E-state index in [1.165, 1.54) is 180 Å². The number of carbonyl (C=O) groups excluding carboxylic acids is 4. The smallest absolute Gasteiger partial charge is 0.462 e. The Labute approximate surface area is 581 Å². The van der Waals surface area contributed by atoms with E-state index in [1.54, 1.807) is 0 Å². The Morgan fingerprint density at radius 2 is 0.505 bits per heavy atom. The fourth-order valence-electron chi connectivity index (χ4n) is 11.5. The maximum atomic E-state index is 13.1. The highest BCUT2D eigenvalue weighted by molar-refractivity contribution is 7.47. The van der Waals surface area contributed by atoms with E-state index in [1.807, 2.05) is 0 Å². The van der Waals surface area contributed by atoms with E-state index in [2.05, 4.69) is 55.4 Å². The van der Waals surface area contributed by atoms with Crippen LogP contribution in [-0.4, -0.2) is 96.7 Å². The first kappa shape index (κ1) is 93.1. The van der Waals surface area contributed by atoms with Crippen molar-refractivity contribution in [2.75, 3.05) is 39.6 Å². The van der Waals surface area contributed by atoms with Crippen LogP contribution in [0.4, 0.5) is 0 Å². The number of phosphoric ester groups is 2. The summed E-state index contributed by atoms with van der Waals surface area (Å²) >= 11 is 0. The molecule has 564 valence electrons. The van der Waals surface area contributed by atoms with Crippen LogP contribution in [0.1, 0.15) is 383 Å². The van der Waals surface area contributed by atoms with Crippen LogP contribution in [-0.2, 0) is 65.4 Å². The Kier molecular flexibility index (Phi) is 64.0. The summed E-state index contributed by atoms with van der Waals surface area (Å²) in [6.45, 7) is 14.2. The van der Waals surface area contributed by atoms with Gasteiger partial charge in [-0.25, -0.2) is 9.13 Å². The summed E-state index contributed by atoms with van der Waals surface area (Å²) in [5, 5.41) is 10.6. The summed E-state index contributed by atoms with van der Waals surface area (Å²) in [6, 6.07) is 0. The van der Waals surface area contributed by atoms with Crippen molar-refractivity contribution in [1.82, 2.24) is 0 Å². The van der Waals surface area contributed by atoms with Gasteiger partial charge in [0.2, 0.25) is 0 Å². The first-order valence-electron chi connectivity index (χ1n) is 39.2. The SMILES string of the molecule is CCC(C)CCCCCCCCC(=O)OC[C@H](COP(=O)(O)OC[C@H](O)COP(=O)(O)OC[C@@H](COC(=O)CCCCCCCCCCCCCCC(C)C)OC(=O)CCCCCCCCCCCC(C)C)OC(=O)CCCCCCCCCCCCCCCCCC(C)C. The van der Waals surface area contributed by atoms with E-state index in [0.29, 0.717) is 25.7 Å². The minimum atomic E-state index is -4.96. The van der Waals surface area contributed by atoms with Crippen LogP contribution in [0.3, 0.4) is 0 Å². The van der Waals surface area contributed by atoms with Crippen molar-refractivity contribution in [3.63, 3.8) is 0 Å². The second-order valence-electron chi connectivity index (χ2n) is 29.1. The molecule has 0 aliphatic heterocycles. The summed E-state index contributed by atoms with van der Waals surface area (Å²) in [4.78, 5) is 72.8. The Morgan fingerprint density at radius 3 is 0.747 bits per heavy atom. The molecule has 0 aromatic rings. The van der Waals surface area contributed by atoms with Gasteiger partial charge in [-0.15, -0.1) is 0 Å². The van der Waals surface area contributed by atoms with Crippen LogP contribution < -0.4 is 0 Å². The molecule has 0 saturated heterocycles. The lowest BCUT2D eigenvalue weighted by Crippen LogP contribution is -2.30. The van der Waals surface area contributed by atoms with E-state index in [0.717, 1.165) is 120 Å². The second kappa shape index (κ2) is 65.4. The summed E-state index contributed by atoms with van der Waals surface area (Å²) in [5.74, 6) is 0.930. The molecule has 0 heterocycles. The maximum Gasteiger partial charge on any atom is 0.472 e. The molecule has 0 bridgehead atoms. The molecule has 0 spiro atoms. The van der Waals surface area contributed by atoms with Crippen molar-refractivity contribution in [2.24, 2.45) is 23.7 Å². The third kappa shape index (κ3) is 69.0. The lowest BCUT2D eigenvalue weighted by molar-refractivity contribution is -0.161. The minimum Gasteiger partial charge on any atom is -0.462 e. The molecule has 0 amide bonds. The van der Waals surface area contributed by atoms with E-state index < -0.39 is 97.5 Å². The molecular weight excluding hydrogens is 1250 g/mol. The van der Waals surface area contributed by atoms with Gasteiger partial charge in [-0.3, -0.25) is 37.3 Å². The number of esters is 4. The van der Waals surface area contributed by atoms with Crippen LogP contribution in [0.5, 0.6) is 0 Å². The number of hydrogen-bond donors (Lipinski definition) is 3. The number of aliphatic hydroxyl groups excluding tert-OH is 1. The van der Waals surface area contributed by atoms with Crippen molar-refractivity contribution in [1.29, 1.82) is 0 Å². The quantitative estimate of drug-likeness (QED) is 0.0222. The average Bonchev–Trinajstić information content (AvgIpc) is 3.51. The van der Waals surface area contributed by atoms with Crippen molar-refractivity contribution in [3.8, 4) is 0 Å². The molecule has 3 unspecified atom stereocenters. The summed E-state index contributed by atoms with van der Waals surface area (Å²) < 4.78 is 68.5. The van der Waals surface area contributed by atoms with E-state index in [-0.39, 0.29) is 25.7 Å². The molecule has 0 fully saturated rings. The molecule has 19 heteroatoms. The Morgan fingerprint density at radius 1 is 0.295 bits per heavy atom. The third-order valence-corrected chi connectivity index (χ3v) is 19.8. The number of rotatable bonds is 73. The minimum absolute atomic E-state index is 0.105. The average molecular weight is 1400 g/mol.